The maximum Gasteiger partial charge on any atom is 0.228 e. The molecule has 25 heavy (non-hydrogen) atoms. The first-order valence-corrected chi connectivity index (χ1v) is 9.15. The van der Waals surface area contributed by atoms with Gasteiger partial charge in [0.05, 0.1) is 12.0 Å². The number of aromatic nitrogens is 3. The predicted octanol–water partition coefficient (Wildman–Crippen LogP) is 1.72. The molecule has 2 aromatic rings. The first kappa shape index (κ1) is 16.3. The van der Waals surface area contributed by atoms with Crippen LogP contribution in [0.2, 0.25) is 0 Å². The number of nitrogens with zero attached hydrogens (tertiary/aromatic N) is 3. The lowest BCUT2D eigenvalue weighted by molar-refractivity contribution is -0.134. The summed E-state index contributed by atoms with van der Waals surface area (Å²) in [6, 6.07) is 8.33. The number of carbonyl (C=O) groups excluding carboxylic acids is 1. The Morgan fingerprint density at radius 3 is 2.92 bits per heavy atom. The standard InChI is InChI=1S/C19H25N5O/c25-18(19-8-2-1-3-17(19)10-20-12-19)22-9-15-4-6-16(7-5-15)11-24-14-21-13-23-24/h4-7,13-14,17,20H,1-3,8-12H2,(H,22,25)/t17-,19+/m0/s1. The molecule has 1 aromatic carbocycles. The van der Waals surface area contributed by atoms with E-state index in [1.807, 2.05) is 0 Å². The number of hydrogen-bond donors (Lipinski definition) is 2. The Bertz CT molecular complexity index is 712. The van der Waals surface area contributed by atoms with Gasteiger partial charge in [-0.2, -0.15) is 5.10 Å². The zero-order chi connectivity index (χ0) is 17.1. The Labute approximate surface area is 148 Å². The first-order chi connectivity index (χ1) is 12.3. The smallest absolute Gasteiger partial charge is 0.228 e. The number of fused-ring (bicyclic) bond motifs is 1. The van der Waals surface area contributed by atoms with Crippen LogP contribution in [0.15, 0.2) is 36.9 Å². The fourth-order valence-electron chi connectivity index (χ4n) is 4.31. The molecule has 2 N–H and O–H groups in total. The fourth-order valence-corrected chi connectivity index (χ4v) is 4.31. The van der Waals surface area contributed by atoms with E-state index in [0.29, 0.717) is 19.0 Å². The van der Waals surface area contributed by atoms with Crippen molar-refractivity contribution in [2.24, 2.45) is 11.3 Å². The minimum absolute atomic E-state index is 0.175. The van der Waals surface area contributed by atoms with E-state index in [1.165, 1.54) is 24.8 Å². The van der Waals surface area contributed by atoms with Crippen LogP contribution < -0.4 is 10.6 Å². The molecule has 1 aromatic heterocycles. The summed E-state index contributed by atoms with van der Waals surface area (Å²) in [7, 11) is 0. The minimum atomic E-state index is -0.175. The van der Waals surface area contributed by atoms with E-state index in [4.69, 9.17) is 0 Å². The molecule has 6 nitrogen and oxygen atoms in total. The molecule has 2 aliphatic rings. The molecule has 1 saturated carbocycles. The van der Waals surface area contributed by atoms with E-state index >= 15 is 0 Å². The summed E-state index contributed by atoms with van der Waals surface area (Å²) in [5.74, 6) is 0.736. The van der Waals surface area contributed by atoms with Gasteiger partial charge in [-0.05, 0) is 36.4 Å². The molecule has 6 heteroatoms. The van der Waals surface area contributed by atoms with Crippen LogP contribution in [0.1, 0.15) is 36.8 Å². The number of benzene rings is 1. The average molecular weight is 339 g/mol. The lowest BCUT2D eigenvalue weighted by Crippen LogP contribution is -2.47. The summed E-state index contributed by atoms with van der Waals surface area (Å²) in [4.78, 5) is 16.8. The summed E-state index contributed by atoms with van der Waals surface area (Å²) >= 11 is 0. The van der Waals surface area contributed by atoms with Crippen molar-refractivity contribution < 1.29 is 4.79 Å². The van der Waals surface area contributed by atoms with Gasteiger partial charge in [0.25, 0.3) is 0 Å². The van der Waals surface area contributed by atoms with Gasteiger partial charge >= 0.3 is 0 Å². The molecule has 132 valence electrons. The molecule has 2 fully saturated rings. The van der Waals surface area contributed by atoms with Crippen LogP contribution in [-0.4, -0.2) is 33.8 Å². The summed E-state index contributed by atoms with van der Waals surface area (Å²) in [5.41, 5.74) is 2.13. The normalized spacial score (nSPS) is 25.5. The van der Waals surface area contributed by atoms with Crippen molar-refractivity contribution in [3.63, 3.8) is 0 Å². The summed E-state index contributed by atoms with van der Waals surface area (Å²) in [6.07, 6.45) is 7.88. The van der Waals surface area contributed by atoms with Gasteiger partial charge in [-0.1, -0.05) is 37.1 Å². The van der Waals surface area contributed by atoms with Crippen LogP contribution in [0.25, 0.3) is 0 Å². The zero-order valence-electron chi connectivity index (χ0n) is 14.4. The third-order valence-corrected chi connectivity index (χ3v) is 5.78. The van der Waals surface area contributed by atoms with Crippen LogP contribution in [0.4, 0.5) is 0 Å². The summed E-state index contributed by atoms with van der Waals surface area (Å²) in [5, 5.41) is 10.7. The van der Waals surface area contributed by atoms with E-state index in [1.54, 1.807) is 17.3 Å². The quantitative estimate of drug-likeness (QED) is 0.870. The highest BCUT2D eigenvalue weighted by Gasteiger charge is 2.49. The van der Waals surface area contributed by atoms with Crippen molar-refractivity contribution in [2.45, 2.75) is 38.8 Å². The van der Waals surface area contributed by atoms with Crippen molar-refractivity contribution in [3.8, 4) is 0 Å². The maximum atomic E-state index is 12.9. The van der Waals surface area contributed by atoms with E-state index in [-0.39, 0.29) is 11.3 Å². The molecule has 2 heterocycles. The summed E-state index contributed by atoms with van der Waals surface area (Å²) < 4.78 is 1.80. The molecule has 4 rings (SSSR count). The Morgan fingerprint density at radius 1 is 1.28 bits per heavy atom. The lowest BCUT2D eigenvalue weighted by atomic mass is 9.67. The van der Waals surface area contributed by atoms with Crippen LogP contribution in [-0.2, 0) is 17.9 Å². The number of amides is 1. The Balaban J connectivity index is 1.35. The first-order valence-electron chi connectivity index (χ1n) is 9.15. The third-order valence-electron chi connectivity index (χ3n) is 5.78. The van der Waals surface area contributed by atoms with Gasteiger partial charge in [-0.15, -0.1) is 0 Å². The van der Waals surface area contributed by atoms with Crippen LogP contribution in [0.3, 0.4) is 0 Å². The monoisotopic (exact) mass is 339 g/mol. The largest absolute Gasteiger partial charge is 0.351 e. The molecule has 0 spiro atoms. The van der Waals surface area contributed by atoms with Gasteiger partial charge in [0.1, 0.15) is 12.7 Å². The number of nitrogens with one attached hydrogen (secondary N) is 2. The van der Waals surface area contributed by atoms with Crippen LogP contribution in [0.5, 0.6) is 0 Å². The van der Waals surface area contributed by atoms with Crippen LogP contribution in [0, 0.1) is 11.3 Å². The van der Waals surface area contributed by atoms with Crippen LogP contribution >= 0.6 is 0 Å². The molecule has 1 aliphatic heterocycles. The molecular formula is C19H25N5O. The second-order valence-electron chi connectivity index (χ2n) is 7.32. The maximum absolute atomic E-state index is 12.9. The van der Waals surface area contributed by atoms with Crippen molar-refractivity contribution in [2.75, 3.05) is 13.1 Å². The van der Waals surface area contributed by atoms with Gasteiger partial charge in [0.2, 0.25) is 5.91 Å². The molecule has 1 aliphatic carbocycles. The second-order valence-corrected chi connectivity index (χ2v) is 7.32. The highest BCUT2D eigenvalue weighted by Crippen LogP contribution is 2.43. The molecule has 1 amide bonds. The van der Waals surface area contributed by atoms with E-state index < -0.39 is 0 Å². The van der Waals surface area contributed by atoms with Gasteiger partial charge in [-0.3, -0.25) is 4.79 Å². The Kier molecular flexibility index (Phi) is 4.53. The van der Waals surface area contributed by atoms with Gasteiger partial charge < -0.3 is 10.6 Å². The topological polar surface area (TPSA) is 71.8 Å². The van der Waals surface area contributed by atoms with Gasteiger partial charge in [0.15, 0.2) is 0 Å². The minimum Gasteiger partial charge on any atom is -0.351 e. The number of carbonyl (C=O) groups is 1. The molecule has 0 radical (unpaired) electrons. The molecule has 0 bridgehead atoms. The van der Waals surface area contributed by atoms with E-state index in [0.717, 1.165) is 25.1 Å². The zero-order valence-corrected chi connectivity index (χ0v) is 14.4. The van der Waals surface area contributed by atoms with Crippen molar-refractivity contribution in [1.82, 2.24) is 25.4 Å². The van der Waals surface area contributed by atoms with E-state index in [9.17, 15) is 4.79 Å². The predicted molar refractivity (Wildman–Crippen MR) is 94.7 cm³/mol. The fraction of sp³-hybridized carbons (Fsp3) is 0.526. The molecule has 2 atom stereocenters. The molecular weight excluding hydrogens is 314 g/mol. The van der Waals surface area contributed by atoms with E-state index in [2.05, 4.69) is 45.0 Å². The van der Waals surface area contributed by atoms with Crippen molar-refractivity contribution in [3.05, 3.63) is 48.0 Å². The highest BCUT2D eigenvalue weighted by atomic mass is 16.2. The van der Waals surface area contributed by atoms with Crippen molar-refractivity contribution in [1.29, 1.82) is 0 Å². The number of hydrogen-bond acceptors (Lipinski definition) is 4. The highest BCUT2D eigenvalue weighted by molar-refractivity contribution is 5.83. The van der Waals surface area contributed by atoms with Gasteiger partial charge in [-0.25, -0.2) is 9.67 Å². The lowest BCUT2D eigenvalue weighted by Gasteiger charge is -2.37. The number of rotatable bonds is 5. The molecule has 0 unspecified atom stereocenters. The Hall–Kier alpha value is -2.21. The second kappa shape index (κ2) is 6.96. The van der Waals surface area contributed by atoms with Crippen molar-refractivity contribution >= 4 is 5.91 Å². The average Bonchev–Trinajstić information content (AvgIpc) is 3.30. The van der Waals surface area contributed by atoms with Gasteiger partial charge in [0, 0.05) is 13.1 Å². The molecule has 1 saturated heterocycles. The summed E-state index contributed by atoms with van der Waals surface area (Å²) in [6.45, 7) is 3.13. The SMILES string of the molecule is O=C(NCc1ccc(Cn2cncn2)cc1)[C@@]12CCCC[C@H]1CNC2. The Morgan fingerprint density at radius 2 is 2.12 bits per heavy atom. The third kappa shape index (κ3) is 3.31.